The van der Waals surface area contributed by atoms with Crippen LogP contribution >= 0.6 is 0 Å². The van der Waals surface area contributed by atoms with Crippen LogP contribution in [0.2, 0.25) is 0 Å². The molecule has 3 heterocycles. The zero-order valence-electron chi connectivity index (χ0n) is 13.6. The highest BCUT2D eigenvalue weighted by Crippen LogP contribution is 2.24. The van der Waals surface area contributed by atoms with Gasteiger partial charge in [-0.25, -0.2) is 4.79 Å². The van der Waals surface area contributed by atoms with E-state index in [1.807, 2.05) is 13.8 Å². The van der Waals surface area contributed by atoms with Crippen molar-refractivity contribution in [2.45, 2.75) is 46.1 Å². The average molecular weight is 319 g/mol. The van der Waals surface area contributed by atoms with Crippen molar-refractivity contribution in [2.75, 3.05) is 13.1 Å². The maximum atomic E-state index is 12.4. The number of likely N-dealkylation sites (tertiary alicyclic amines) is 1. The van der Waals surface area contributed by atoms with Gasteiger partial charge in [-0.1, -0.05) is 10.3 Å². The van der Waals surface area contributed by atoms with Crippen molar-refractivity contribution in [2.24, 2.45) is 0 Å². The topological polar surface area (TPSA) is 97.3 Å². The van der Waals surface area contributed by atoms with Crippen LogP contribution in [-0.2, 0) is 6.54 Å². The highest BCUT2D eigenvalue weighted by atomic mass is 16.5. The van der Waals surface area contributed by atoms with E-state index in [4.69, 9.17) is 9.05 Å². The van der Waals surface area contributed by atoms with Gasteiger partial charge in [0.05, 0.1) is 5.69 Å². The number of piperidine rings is 1. The maximum Gasteiger partial charge on any atom is 0.317 e. The zero-order chi connectivity index (χ0) is 16.4. The molecule has 2 amide bonds. The number of hydrogen-bond donors (Lipinski definition) is 1. The van der Waals surface area contributed by atoms with Crippen molar-refractivity contribution in [1.29, 1.82) is 0 Å². The average Bonchev–Trinajstić information content (AvgIpc) is 3.12. The first-order valence-electron chi connectivity index (χ1n) is 7.79. The van der Waals surface area contributed by atoms with Crippen LogP contribution in [0.25, 0.3) is 0 Å². The van der Waals surface area contributed by atoms with Crippen LogP contribution in [0.4, 0.5) is 4.79 Å². The number of rotatable bonds is 3. The first-order chi connectivity index (χ1) is 11.0. The summed E-state index contributed by atoms with van der Waals surface area (Å²) in [6, 6.07) is -0.0880. The summed E-state index contributed by atoms with van der Waals surface area (Å²) in [4.78, 5) is 18.5. The minimum atomic E-state index is -0.0880. The van der Waals surface area contributed by atoms with Gasteiger partial charge in [0.2, 0.25) is 5.89 Å². The second-order valence-corrected chi connectivity index (χ2v) is 5.92. The third kappa shape index (κ3) is 3.35. The molecular weight excluding hydrogens is 298 g/mol. The zero-order valence-corrected chi connectivity index (χ0v) is 13.6. The summed E-state index contributed by atoms with van der Waals surface area (Å²) < 4.78 is 10.1. The number of urea groups is 1. The second-order valence-electron chi connectivity index (χ2n) is 5.92. The van der Waals surface area contributed by atoms with E-state index in [1.54, 1.807) is 11.8 Å². The first-order valence-corrected chi connectivity index (χ1v) is 7.79. The van der Waals surface area contributed by atoms with E-state index in [0.717, 1.165) is 36.4 Å². The molecule has 1 N–H and O–H groups in total. The molecule has 1 aliphatic heterocycles. The van der Waals surface area contributed by atoms with Crippen molar-refractivity contribution in [3.05, 3.63) is 28.7 Å². The van der Waals surface area contributed by atoms with Gasteiger partial charge in [-0.05, 0) is 26.7 Å². The number of aryl methyl sites for hydroxylation is 3. The number of nitrogens with zero attached hydrogens (tertiary/aromatic N) is 4. The van der Waals surface area contributed by atoms with E-state index < -0.39 is 0 Å². The largest absolute Gasteiger partial charge is 0.361 e. The summed E-state index contributed by atoms with van der Waals surface area (Å²) in [5.74, 6) is 2.11. The molecule has 0 radical (unpaired) electrons. The van der Waals surface area contributed by atoms with Gasteiger partial charge in [0.15, 0.2) is 5.82 Å². The van der Waals surface area contributed by atoms with Gasteiger partial charge in [-0.3, -0.25) is 0 Å². The Morgan fingerprint density at radius 1 is 1.30 bits per heavy atom. The molecule has 8 heteroatoms. The highest BCUT2D eigenvalue weighted by molar-refractivity contribution is 5.74. The Bertz CT molecular complexity index is 674. The van der Waals surface area contributed by atoms with Gasteiger partial charge >= 0.3 is 6.03 Å². The van der Waals surface area contributed by atoms with Crippen molar-refractivity contribution < 1.29 is 13.8 Å². The minimum absolute atomic E-state index is 0.0880. The van der Waals surface area contributed by atoms with Gasteiger partial charge in [0.25, 0.3) is 0 Å². The van der Waals surface area contributed by atoms with Crippen molar-refractivity contribution in [3.8, 4) is 0 Å². The fourth-order valence-electron chi connectivity index (χ4n) is 2.88. The van der Waals surface area contributed by atoms with Gasteiger partial charge in [-0.2, -0.15) is 4.98 Å². The normalized spacial score (nSPS) is 18.2. The molecule has 0 aliphatic carbocycles. The van der Waals surface area contributed by atoms with E-state index in [0.29, 0.717) is 24.8 Å². The Morgan fingerprint density at radius 3 is 2.78 bits per heavy atom. The molecule has 1 atom stereocenters. The molecule has 0 spiro atoms. The van der Waals surface area contributed by atoms with Crippen molar-refractivity contribution in [1.82, 2.24) is 25.5 Å². The number of nitrogens with one attached hydrogen (secondary N) is 1. The van der Waals surface area contributed by atoms with E-state index in [2.05, 4.69) is 20.6 Å². The number of hydrogen-bond acceptors (Lipinski definition) is 6. The molecule has 3 rings (SSSR count). The summed E-state index contributed by atoms with van der Waals surface area (Å²) in [6.45, 7) is 7.24. The lowest BCUT2D eigenvalue weighted by Gasteiger charge is -2.31. The standard InChI is InChI=1S/C15H21N5O3/c1-9-13(10(2)22-18-9)7-16-15(21)20-6-4-5-12(8-20)14-17-11(3)23-19-14/h12H,4-8H2,1-3H3,(H,16,21)/t12-/m1/s1. The molecule has 0 aromatic carbocycles. The van der Waals surface area contributed by atoms with Crippen LogP contribution in [-0.4, -0.2) is 39.3 Å². The molecule has 0 saturated carbocycles. The van der Waals surface area contributed by atoms with Gasteiger partial charge < -0.3 is 19.3 Å². The Balaban J connectivity index is 1.59. The first kappa shape index (κ1) is 15.5. The number of aromatic nitrogens is 3. The fraction of sp³-hybridized carbons (Fsp3) is 0.600. The Morgan fingerprint density at radius 2 is 2.13 bits per heavy atom. The molecular formula is C15H21N5O3. The van der Waals surface area contributed by atoms with E-state index in [9.17, 15) is 4.79 Å². The SMILES string of the molecule is Cc1nc([C@@H]2CCCN(C(=O)NCc3c(C)noc3C)C2)no1. The molecule has 2 aromatic rings. The maximum absolute atomic E-state index is 12.4. The van der Waals surface area contributed by atoms with Crippen LogP contribution in [0.5, 0.6) is 0 Å². The van der Waals surface area contributed by atoms with E-state index >= 15 is 0 Å². The smallest absolute Gasteiger partial charge is 0.317 e. The Hall–Kier alpha value is -2.38. The second kappa shape index (κ2) is 6.39. The molecule has 23 heavy (non-hydrogen) atoms. The van der Waals surface area contributed by atoms with E-state index in [1.165, 1.54) is 0 Å². The van der Waals surface area contributed by atoms with E-state index in [-0.39, 0.29) is 11.9 Å². The minimum Gasteiger partial charge on any atom is -0.361 e. The third-order valence-electron chi connectivity index (χ3n) is 4.21. The number of carbonyl (C=O) groups is 1. The van der Waals surface area contributed by atoms with Crippen molar-refractivity contribution in [3.63, 3.8) is 0 Å². The Kier molecular flexibility index (Phi) is 4.31. The number of amides is 2. The van der Waals surface area contributed by atoms with Gasteiger partial charge in [0.1, 0.15) is 5.76 Å². The summed E-state index contributed by atoms with van der Waals surface area (Å²) in [5.41, 5.74) is 1.74. The van der Waals surface area contributed by atoms with Crippen LogP contribution in [0.1, 0.15) is 47.5 Å². The number of carbonyl (C=O) groups excluding carboxylic acids is 1. The van der Waals surface area contributed by atoms with Crippen LogP contribution < -0.4 is 5.32 Å². The lowest BCUT2D eigenvalue weighted by molar-refractivity contribution is 0.177. The highest BCUT2D eigenvalue weighted by Gasteiger charge is 2.27. The molecule has 2 aromatic heterocycles. The van der Waals surface area contributed by atoms with Crippen molar-refractivity contribution >= 4 is 6.03 Å². The summed E-state index contributed by atoms with van der Waals surface area (Å²) >= 11 is 0. The molecule has 8 nitrogen and oxygen atoms in total. The van der Waals surface area contributed by atoms with Gasteiger partial charge in [-0.15, -0.1) is 0 Å². The molecule has 1 saturated heterocycles. The summed E-state index contributed by atoms with van der Waals surface area (Å²) in [5, 5.41) is 10.8. The predicted octanol–water partition coefficient (Wildman–Crippen LogP) is 2.07. The lowest BCUT2D eigenvalue weighted by atomic mass is 9.98. The molecule has 124 valence electrons. The molecule has 1 aliphatic rings. The van der Waals surface area contributed by atoms with Gasteiger partial charge in [0, 0.05) is 38.0 Å². The quantitative estimate of drug-likeness (QED) is 0.930. The molecule has 0 bridgehead atoms. The monoisotopic (exact) mass is 319 g/mol. The summed E-state index contributed by atoms with van der Waals surface area (Å²) in [7, 11) is 0. The van der Waals surface area contributed by atoms with Crippen LogP contribution in [0.3, 0.4) is 0 Å². The lowest BCUT2D eigenvalue weighted by Crippen LogP contribution is -2.44. The third-order valence-corrected chi connectivity index (χ3v) is 4.21. The van der Waals surface area contributed by atoms with Crippen LogP contribution in [0.15, 0.2) is 9.05 Å². The predicted molar refractivity (Wildman–Crippen MR) is 80.8 cm³/mol. The molecule has 0 unspecified atom stereocenters. The Labute approximate surface area is 134 Å². The molecule has 1 fully saturated rings. The van der Waals surface area contributed by atoms with Crippen LogP contribution in [0, 0.1) is 20.8 Å². The fourth-order valence-corrected chi connectivity index (χ4v) is 2.88. The summed E-state index contributed by atoms with van der Waals surface area (Å²) in [6.07, 6.45) is 1.89.